The molecule has 0 radical (unpaired) electrons. The molecule has 0 unspecified atom stereocenters. The van der Waals surface area contributed by atoms with Gasteiger partial charge < -0.3 is 10.6 Å². The first kappa shape index (κ1) is 16.7. The summed E-state index contributed by atoms with van der Waals surface area (Å²) in [7, 11) is 0. The molecule has 2 aliphatic rings. The Labute approximate surface area is 144 Å². The van der Waals surface area contributed by atoms with Gasteiger partial charge in [0.05, 0.1) is 0 Å². The molecule has 1 aliphatic carbocycles. The first-order chi connectivity index (χ1) is 12.0. The Morgan fingerprint density at radius 2 is 2.08 bits per heavy atom. The van der Waals surface area contributed by atoms with Gasteiger partial charge in [-0.2, -0.15) is 0 Å². The molecule has 0 bridgehead atoms. The van der Waals surface area contributed by atoms with Crippen LogP contribution in [0.25, 0.3) is 0 Å². The van der Waals surface area contributed by atoms with Crippen LogP contribution in [0, 0.1) is 0 Å². The van der Waals surface area contributed by atoms with Gasteiger partial charge in [-0.3, -0.25) is 19.8 Å². The quantitative estimate of drug-likeness (QED) is 0.543. The fourth-order valence-corrected chi connectivity index (χ4v) is 3.25. The largest absolute Gasteiger partial charge is 0.334 e. The number of amides is 6. The van der Waals surface area contributed by atoms with E-state index in [4.69, 9.17) is 0 Å². The highest BCUT2D eigenvalue weighted by Gasteiger charge is 2.55. The van der Waals surface area contributed by atoms with Crippen molar-refractivity contribution in [3.8, 4) is 0 Å². The summed E-state index contributed by atoms with van der Waals surface area (Å²) in [6, 6.07) is 6.08. The molecule has 8 nitrogen and oxygen atoms in total. The highest BCUT2D eigenvalue weighted by molar-refractivity contribution is 6.10. The first-order valence-electron chi connectivity index (χ1n) is 7.89. The number of urea groups is 2. The topological polar surface area (TPSA) is 108 Å². The van der Waals surface area contributed by atoms with Crippen LogP contribution in [0.2, 0.25) is 0 Å². The van der Waals surface area contributed by atoms with Gasteiger partial charge in [-0.05, 0) is 24.0 Å². The number of carbonyl (C=O) groups excluding carboxylic acids is 4. The number of hydrogen-bond donors (Lipinski definition) is 3. The minimum atomic E-state index is -1.11. The molecule has 1 aromatic rings. The zero-order valence-corrected chi connectivity index (χ0v) is 13.5. The molecular weight excluding hydrogens is 324 g/mol. The highest BCUT2D eigenvalue weighted by atomic mass is 16.2. The van der Waals surface area contributed by atoms with Crippen LogP contribution in [0.1, 0.15) is 17.5 Å². The minimum absolute atomic E-state index is 0.197. The van der Waals surface area contributed by atoms with Gasteiger partial charge in [0, 0.05) is 6.54 Å². The summed E-state index contributed by atoms with van der Waals surface area (Å²) in [5, 5.41) is 7.17. The van der Waals surface area contributed by atoms with E-state index < -0.39 is 36.0 Å². The molecule has 3 rings (SSSR count). The maximum Gasteiger partial charge on any atom is 0.325 e. The summed E-state index contributed by atoms with van der Waals surface area (Å²) in [6.07, 6.45) is 2.59. The van der Waals surface area contributed by atoms with Gasteiger partial charge >= 0.3 is 12.1 Å². The molecule has 3 N–H and O–H groups in total. The molecule has 0 saturated carbocycles. The molecule has 1 atom stereocenters. The Morgan fingerprint density at radius 3 is 2.84 bits per heavy atom. The summed E-state index contributed by atoms with van der Waals surface area (Å²) in [6.45, 7) is 3.12. The van der Waals surface area contributed by atoms with Gasteiger partial charge in [0.25, 0.3) is 5.91 Å². The van der Waals surface area contributed by atoms with Crippen LogP contribution in [-0.4, -0.2) is 41.9 Å². The fraction of sp³-hybridized carbons (Fsp3) is 0.294. The van der Waals surface area contributed by atoms with Crippen LogP contribution in [0.4, 0.5) is 9.59 Å². The first-order valence-corrected chi connectivity index (χ1v) is 7.89. The fourth-order valence-electron chi connectivity index (χ4n) is 3.25. The summed E-state index contributed by atoms with van der Waals surface area (Å²) >= 11 is 0. The lowest BCUT2D eigenvalue weighted by molar-refractivity contribution is -0.135. The van der Waals surface area contributed by atoms with E-state index in [1.807, 2.05) is 24.3 Å². The summed E-state index contributed by atoms with van der Waals surface area (Å²) in [5.74, 6) is -1.21. The second-order valence-electron chi connectivity index (χ2n) is 5.93. The van der Waals surface area contributed by atoms with E-state index in [0.717, 1.165) is 16.0 Å². The van der Waals surface area contributed by atoms with Crippen molar-refractivity contribution in [3.63, 3.8) is 0 Å². The lowest BCUT2D eigenvalue weighted by atomic mass is 9.92. The SMILES string of the molecule is C=CCNC(=O)NC(=O)CN1C(=O)N[C@@]2(CCc3ccccc32)C1=O. The molecular formula is C17H18N4O4. The second-order valence-corrected chi connectivity index (χ2v) is 5.93. The predicted molar refractivity (Wildman–Crippen MR) is 88.4 cm³/mol. The van der Waals surface area contributed by atoms with E-state index in [1.54, 1.807) is 0 Å². The maximum atomic E-state index is 12.8. The van der Waals surface area contributed by atoms with E-state index in [9.17, 15) is 19.2 Å². The summed E-state index contributed by atoms with van der Waals surface area (Å²) in [5.41, 5.74) is 0.658. The van der Waals surface area contributed by atoms with Crippen molar-refractivity contribution in [2.75, 3.05) is 13.1 Å². The van der Waals surface area contributed by atoms with Crippen LogP contribution >= 0.6 is 0 Å². The van der Waals surface area contributed by atoms with Gasteiger partial charge in [-0.25, -0.2) is 9.59 Å². The second kappa shape index (κ2) is 6.39. The van der Waals surface area contributed by atoms with Gasteiger partial charge in [-0.1, -0.05) is 30.3 Å². The molecule has 0 aromatic heterocycles. The lowest BCUT2D eigenvalue weighted by Crippen LogP contribution is -2.47. The van der Waals surface area contributed by atoms with Gasteiger partial charge in [0.1, 0.15) is 12.1 Å². The van der Waals surface area contributed by atoms with E-state index in [0.29, 0.717) is 12.8 Å². The van der Waals surface area contributed by atoms with Crippen molar-refractivity contribution in [1.82, 2.24) is 20.9 Å². The van der Waals surface area contributed by atoms with E-state index >= 15 is 0 Å². The van der Waals surface area contributed by atoms with E-state index in [2.05, 4.69) is 22.5 Å². The molecule has 1 aliphatic heterocycles. The number of carbonyl (C=O) groups is 4. The monoisotopic (exact) mass is 342 g/mol. The van der Waals surface area contributed by atoms with Crippen LogP contribution in [0.15, 0.2) is 36.9 Å². The van der Waals surface area contributed by atoms with Crippen LogP contribution in [0.3, 0.4) is 0 Å². The Balaban J connectivity index is 1.72. The number of imide groups is 2. The Kier molecular flexibility index (Phi) is 4.26. The number of fused-ring (bicyclic) bond motifs is 2. The number of hydrogen-bond acceptors (Lipinski definition) is 4. The molecule has 1 fully saturated rings. The molecule has 1 aromatic carbocycles. The van der Waals surface area contributed by atoms with Crippen molar-refractivity contribution < 1.29 is 19.2 Å². The lowest BCUT2D eigenvalue weighted by Gasteiger charge is -2.22. The zero-order chi connectivity index (χ0) is 18.0. The Bertz CT molecular complexity index is 776. The average molecular weight is 342 g/mol. The van der Waals surface area contributed by atoms with Gasteiger partial charge in [0.15, 0.2) is 0 Å². The van der Waals surface area contributed by atoms with Crippen molar-refractivity contribution in [1.29, 1.82) is 0 Å². The third-order valence-electron chi connectivity index (χ3n) is 4.38. The standard InChI is InChI=1S/C17H18N4O4/c1-2-9-18-15(24)19-13(22)10-21-14(23)17(20-16(21)25)8-7-11-5-3-4-6-12(11)17/h2-6H,1,7-10H2,(H,20,25)(H2,18,19,22,24)/t17-/m1/s1. The third-order valence-corrected chi connectivity index (χ3v) is 4.38. The van der Waals surface area contributed by atoms with Crippen LogP contribution < -0.4 is 16.0 Å². The number of rotatable bonds is 4. The van der Waals surface area contributed by atoms with E-state index in [-0.39, 0.29) is 6.54 Å². The highest BCUT2D eigenvalue weighted by Crippen LogP contribution is 2.41. The minimum Gasteiger partial charge on any atom is -0.334 e. The number of aryl methyl sites for hydroxylation is 1. The van der Waals surface area contributed by atoms with E-state index in [1.165, 1.54) is 6.08 Å². The molecule has 1 spiro atoms. The van der Waals surface area contributed by atoms with Gasteiger partial charge in [-0.15, -0.1) is 6.58 Å². The van der Waals surface area contributed by atoms with Crippen molar-refractivity contribution in [2.45, 2.75) is 18.4 Å². The molecule has 1 heterocycles. The molecule has 1 saturated heterocycles. The van der Waals surface area contributed by atoms with Crippen molar-refractivity contribution in [3.05, 3.63) is 48.0 Å². The summed E-state index contributed by atoms with van der Waals surface area (Å²) < 4.78 is 0. The maximum absolute atomic E-state index is 12.8. The van der Waals surface area contributed by atoms with Crippen molar-refractivity contribution in [2.24, 2.45) is 0 Å². The predicted octanol–water partition coefficient (Wildman–Crippen LogP) is 0.392. The number of nitrogens with one attached hydrogen (secondary N) is 3. The Morgan fingerprint density at radius 1 is 1.32 bits per heavy atom. The average Bonchev–Trinajstić information content (AvgIpc) is 3.07. The third kappa shape index (κ3) is 2.86. The van der Waals surface area contributed by atoms with Crippen LogP contribution in [0.5, 0.6) is 0 Å². The van der Waals surface area contributed by atoms with Crippen LogP contribution in [-0.2, 0) is 21.5 Å². The number of benzene rings is 1. The Hall–Kier alpha value is -3.16. The summed E-state index contributed by atoms with van der Waals surface area (Å²) in [4.78, 5) is 49.3. The number of nitrogens with zero attached hydrogens (tertiary/aromatic N) is 1. The molecule has 25 heavy (non-hydrogen) atoms. The molecule has 8 heteroatoms. The van der Waals surface area contributed by atoms with Crippen molar-refractivity contribution >= 4 is 23.9 Å². The zero-order valence-electron chi connectivity index (χ0n) is 13.5. The smallest absolute Gasteiger partial charge is 0.325 e. The normalized spacial score (nSPS) is 21.0. The molecule has 130 valence electrons. The van der Waals surface area contributed by atoms with Gasteiger partial charge in [0.2, 0.25) is 5.91 Å². The molecule has 6 amide bonds.